The molecule has 94 valence electrons. The van der Waals surface area contributed by atoms with Crippen molar-refractivity contribution in [3.8, 4) is 0 Å². The smallest absolute Gasteiger partial charge is 0.316 e. The van der Waals surface area contributed by atoms with E-state index in [0.717, 1.165) is 25.9 Å². The van der Waals surface area contributed by atoms with Crippen LogP contribution >= 0.6 is 11.6 Å². The lowest BCUT2D eigenvalue weighted by molar-refractivity contribution is -0.137. The molecule has 0 amide bonds. The minimum Gasteiger partial charge on any atom is -0.316 e. The van der Waals surface area contributed by atoms with Crippen LogP contribution in [-0.4, -0.2) is 13.1 Å². The van der Waals surface area contributed by atoms with E-state index in [1.54, 1.807) is 6.07 Å². The first-order valence-corrected chi connectivity index (χ1v) is 5.93. The van der Waals surface area contributed by atoms with Crippen LogP contribution in [-0.2, 0) is 6.18 Å². The van der Waals surface area contributed by atoms with Gasteiger partial charge in [0.25, 0.3) is 0 Å². The van der Waals surface area contributed by atoms with Crippen LogP contribution in [0, 0.1) is 0 Å². The largest absolute Gasteiger partial charge is 0.417 e. The third kappa shape index (κ3) is 2.93. The molecular formula is C12H13ClF3N. The highest BCUT2D eigenvalue weighted by Crippen LogP contribution is 2.37. The van der Waals surface area contributed by atoms with Crippen LogP contribution < -0.4 is 5.32 Å². The van der Waals surface area contributed by atoms with Gasteiger partial charge >= 0.3 is 6.18 Å². The van der Waals surface area contributed by atoms with Gasteiger partial charge in [0.15, 0.2) is 0 Å². The van der Waals surface area contributed by atoms with E-state index in [1.807, 2.05) is 0 Å². The van der Waals surface area contributed by atoms with Gasteiger partial charge in [0.1, 0.15) is 0 Å². The van der Waals surface area contributed by atoms with E-state index in [9.17, 15) is 13.2 Å². The second kappa shape index (κ2) is 4.86. The molecule has 0 bridgehead atoms. The van der Waals surface area contributed by atoms with Gasteiger partial charge in [0, 0.05) is 6.54 Å². The quantitative estimate of drug-likeness (QED) is 0.812. The molecule has 1 aromatic rings. The van der Waals surface area contributed by atoms with E-state index in [2.05, 4.69) is 5.32 Å². The zero-order valence-electron chi connectivity index (χ0n) is 9.15. The van der Waals surface area contributed by atoms with Crippen molar-refractivity contribution in [3.05, 3.63) is 34.3 Å². The van der Waals surface area contributed by atoms with Crippen molar-refractivity contribution < 1.29 is 13.2 Å². The van der Waals surface area contributed by atoms with E-state index >= 15 is 0 Å². The SMILES string of the molecule is FC(F)(F)c1cc([C@@H]2CCCNC2)ccc1Cl. The molecule has 2 rings (SSSR count). The standard InChI is InChI=1S/C12H13ClF3N/c13-11-4-3-8(6-10(11)12(14,15)16)9-2-1-5-17-7-9/h3-4,6,9,17H,1-2,5,7H2/t9-/m1/s1. The Hall–Kier alpha value is -0.740. The Morgan fingerprint density at radius 1 is 1.29 bits per heavy atom. The van der Waals surface area contributed by atoms with E-state index in [1.165, 1.54) is 12.1 Å². The molecular weight excluding hydrogens is 251 g/mol. The predicted molar refractivity (Wildman–Crippen MR) is 61.3 cm³/mol. The number of halogens is 4. The van der Waals surface area contributed by atoms with Crippen molar-refractivity contribution in [2.75, 3.05) is 13.1 Å². The summed E-state index contributed by atoms with van der Waals surface area (Å²) in [6.45, 7) is 1.68. The molecule has 1 aliphatic rings. The maximum atomic E-state index is 12.7. The molecule has 0 aromatic heterocycles. The number of hydrogen-bond acceptors (Lipinski definition) is 1. The minimum absolute atomic E-state index is 0.155. The molecule has 1 nitrogen and oxygen atoms in total. The van der Waals surface area contributed by atoms with E-state index in [4.69, 9.17) is 11.6 Å². The van der Waals surface area contributed by atoms with E-state index < -0.39 is 11.7 Å². The van der Waals surface area contributed by atoms with Gasteiger partial charge in [-0.15, -0.1) is 0 Å². The number of nitrogens with one attached hydrogen (secondary N) is 1. The maximum Gasteiger partial charge on any atom is 0.417 e. The zero-order valence-corrected chi connectivity index (χ0v) is 9.91. The van der Waals surface area contributed by atoms with Crippen molar-refractivity contribution in [1.29, 1.82) is 0 Å². The van der Waals surface area contributed by atoms with Crippen LogP contribution in [0.1, 0.15) is 29.9 Å². The van der Waals surface area contributed by atoms with Gasteiger partial charge in [-0.1, -0.05) is 17.7 Å². The van der Waals surface area contributed by atoms with Gasteiger partial charge in [-0.2, -0.15) is 13.2 Å². The number of benzene rings is 1. The van der Waals surface area contributed by atoms with E-state index in [0.29, 0.717) is 5.56 Å². The number of hydrogen-bond donors (Lipinski definition) is 1. The molecule has 17 heavy (non-hydrogen) atoms. The fourth-order valence-corrected chi connectivity index (χ4v) is 2.38. The summed E-state index contributed by atoms with van der Waals surface area (Å²) in [5.74, 6) is 0.155. The maximum absolute atomic E-state index is 12.7. The molecule has 5 heteroatoms. The molecule has 1 N–H and O–H groups in total. The van der Waals surface area contributed by atoms with Crippen LogP contribution in [0.25, 0.3) is 0 Å². The summed E-state index contributed by atoms with van der Waals surface area (Å²) < 4.78 is 38.1. The number of alkyl halides is 3. The van der Waals surface area contributed by atoms with E-state index in [-0.39, 0.29) is 10.9 Å². The highest BCUT2D eigenvalue weighted by atomic mass is 35.5. The van der Waals surface area contributed by atoms with Gasteiger partial charge in [0.2, 0.25) is 0 Å². The molecule has 0 unspecified atom stereocenters. The molecule has 0 saturated carbocycles. The molecule has 1 aromatic carbocycles. The monoisotopic (exact) mass is 263 g/mol. The average molecular weight is 264 g/mol. The van der Waals surface area contributed by atoms with Crippen LogP contribution in [0.5, 0.6) is 0 Å². The molecule has 0 aliphatic carbocycles. The second-order valence-electron chi connectivity index (χ2n) is 4.28. The molecule has 1 fully saturated rings. The third-order valence-electron chi connectivity index (χ3n) is 3.06. The third-order valence-corrected chi connectivity index (χ3v) is 3.39. The van der Waals surface area contributed by atoms with Crippen LogP contribution in [0.15, 0.2) is 18.2 Å². The molecule has 1 aliphatic heterocycles. The fourth-order valence-electron chi connectivity index (χ4n) is 2.15. The summed E-state index contributed by atoms with van der Waals surface area (Å²) >= 11 is 5.58. The van der Waals surface area contributed by atoms with Crippen molar-refractivity contribution in [2.45, 2.75) is 24.9 Å². The van der Waals surface area contributed by atoms with Crippen molar-refractivity contribution in [1.82, 2.24) is 5.32 Å². The topological polar surface area (TPSA) is 12.0 Å². The highest BCUT2D eigenvalue weighted by molar-refractivity contribution is 6.31. The van der Waals surface area contributed by atoms with Gasteiger partial charge in [-0.05, 0) is 43.0 Å². The summed E-state index contributed by atoms with van der Waals surface area (Å²) in [6.07, 6.45) is -2.46. The summed E-state index contributed by atoms with van der Waals surface area (Å²) in [5.41, 5.74) is -0.0174. The Kier molecular flexibility index (Phi) is 3.64. The fraction of sp³-hybridized carbons (Fsp3) is 0.500. The lowest BCUT2D eigenvalue weighted by Crippen LogP contribution is -2.28. The zero-order chi connectivity index (χ0) is 12.5. The van der Waals surface area contributed by atoms with Crippen molar-refractivity contribution >= 4 is 11.6 Å². The van der Waals surface area contributed by atoms with Gasteiger partial charge in [-0.25, -0.2) is 0 Å². The van der Waals surface area contributed by atoms with Crippen LogP contribution in [0.4, 0.5) is 13.2 Å². The highest BCUT2D eigenvalue weighted by Gasteiger charge is 2.33. The van der Waals surface area contributed by atoms with Crippen molar-refractivity contribution in [2.24, 2.45) is 0 Å². The molecule has 1 heterocycles. The number of piperidine rings is 1. The van der Waals surface area contributed by atoms with Gasteiger partial charge < -0.3 is 5.32 Å². The summed E-state index contributed by atoms with van der Waals surface area (Å²) in [4.78, 5) is 0. The lowest BCUT2D eigenvalue weighted by atomic mass is 9.90. The second-order valence-corrected chi connectivity index (χ2v) is 4.69. The first kappa shape index (κ1) is 12.7. The Bertz CT molecular complexity index is 397. The van der Waals surface area contributed by atoms with Crippen LogP contribution in [0.3, 0.4) is 0 Å². The summed E-state index contributed by atoms with van der Waals surface area (Å²) in [6, 6.07) is 4.21. The van der Waals surface area contributed by atoms with Crippen molar-refractivity contribution in [3.63, 3.8) is 0 Å². The molecule has 0 spiro atoms. The van der Waals surface area contributed by atoms with Gasteiger partial charge in [0.05, 0.1) is 10.6 Å². The first-order valence-electron chi connectivity index (χ1n) is 5.56. The predicted octanol–water partition coefficient (Wildman–Crippen LogP) is 3.83. The average Bonchev–Trinajstić information content (AvgIpc) is 2.29. The Labute approximate surface area is 103 Å². The molecule has 1 atom stereocenters. The molecule has 0 radical (unpaired) electrons. The Morgan fingerprint density at radius 2 is 2.06 bits per heavy atom. The van der Waals surface area contributed by atoms with Crippen LogP contribution in [0.2, 0.25) is 5.02 Å². The summed E-state index contributed by atoms with van der Waals surface area (Å²) in [7, 11) is 0. The minimum atomic E-state index is -4.38. The number of rotatable bonds is 1. The normalized spacial score (nSPS) is 21.5. The Balaban J connectivity index is 2.30. The molecule has 1 saturated heterocycles. The lowest BCUT2D eigenvalue weighted by Gasteiger charge is -2.24. The Morgan fingerprint density at radius 3 is 2.65 bits per heavy atom. The first-order chi connectivity index (χ1) is 7.98. The van der Waals surface area contributed by atoms with Gasteiger partial charge in [-0.3, -0.25) is 0 Å². The summed E-state index contributed by atoms with van der Waals surface area (Å²) in [5, 5.41) is 2.96.